The first-order valence-electron chi connectivity index (χ1n) is 13.1. The number of alkyl halides is 3. The number of hydrogen-bond acceptors (Lipinski definition) is 6. The lowest BCUT2D eigenvalue weighted by atomic mass is 10.0. The SMILES string of the molecule is OC(CCCN1CCCN(c2ccc(Cl)cc2)CC1)N1CCC(Nc2ccc(Cl)c(SC(F)(F)F)c2)CC1. The number of rotatable bonds is 9. The van der Waals surface area contributed by atoms with Crippen LogP contribution >= 0.6 is 35.0 Å². The number of nitrogens with zero attached hydrogens (tertiary/aromatic N) is 3. The van der Waals surface area contributed by atoms with Gasteiger partial charge in [-0.2, -0.15) is 13.2 Å². The van der Waals surface area contributed by atoms with Crippen LogP contribution in [0, 0.1) is 0 Å². The summed E-state index contributed by atoms with van der Waals surface area (Å²) in [5, 5.41) is 15.0. The largest absolute Gasteiger partial charge is 0.446 e. The summed E-state index contributed by atoms with van der Waals surface area (Å²) in [5.74, 6) is 0. The summed E-state index contributed by atoms with van der Waals surface area (Å²) in [6.45, 7) is 6.54. The van der Waals surface area contributed by atoms with Gasteiger partial charge in [-0.05, 0) is 99.4 Å². The van der Waals surface area contributed by atoms with Gasteiger partial charge >= 0.3 is 5.51 Å². The van der Waals surface area contributed by atoms with E-state index in [1.807, 2.05) is 12.1 Å². The minimum atomic E-state index is -4.38. The lowest BCUT2D eigenvalue weighted by Crippen LogP contribution is -2.44. The number of aliphatic hydroxyl groups excluding tert-OH is 1. The van der Waals surface area contributed by atoms with E-state index in [4.69, 9.17) is 23.2 Å². The highest BCUT2D eigenvalue weighted by molar-refractivity contribution is 8.00. The zero-order chi connectivity index (χ0) is 27.1. The zero-order valence-corrected chi connectivity index (χ0v) is 23.6. The molecular weight excluding hydrogens is 556 g/mol. The van der Waals surface area contributed by atoms with Gasteiger partial charge in [-0.15, -0.1) is 0 Å². The Bertz CT molecular complexity index is 1020. The smallest absolute Gasteiger partial charge is 0.382 e. The third kappa shape index (κ3) is 9.10. The van der Waals surface area contributed by atoms with Gasteiger partial charge < -0.3 is 20.2 Å². The Kier molecular flexibility index (Phi) is 10.8. The molecule has 11 heteroatoms. The molecule has 38 heavy (non-hydrogen) atoms. The molecule has 0 spiro atoms. The second-order valence-corrected chi connectivity index (χ2v) is 11.9. The Morgan fingerprint density at radius 1 is 0.974 bits per heavy atom. The van der Waals surface area contributed by atoms with Gasteiger partial charge in [-0.25, -0.2) is 0 Å². The van der Waals surface area contributed by atoms with Crippen LogP contribution in [0.4, 0.5) is 24.5 Å². The molecule has 2 saturated heterocycles. The van der Waals surface area contributed by atoms with Gasteiger partial charge in [0.15, 0.2) is 0 Å². The summed E-state index contributed by atoms with van der Waals surface area (Å²) < 4.78 is 38.3. The second-order valence-electron chi connectivity index (χ2n) is 9.93. The van der Waals surface area contributed by atoms with Crippen LogP contribution in [0.2, 0.25) is 10.0 Å². The molecule has 210 valence electrons. The lowest BCUT2D eigenvalue weighted by molar-refractivity contribution is -0.0328. The van der Waals surface area contributed by atoms with Crippen molar-refractivity contribution in [2.45, 2.75) is 54.8 Å². The van der Waals surface area contributed by atoms with Crippen LogP contribution in [0.15, 0.2) is 47.4 Å². The zero-order valence-electron chi connectivity index (χ0n) is 21.3. The van der Waals surface area contributed by atoms with E-state index in [1.54, 1.807) is 6.07 Å². The van der Waals surface area contributed by atoms with Crippen LogP contribution in [0.3, 0.4) is 0 Å². The number of anilines is 2. The third-order valence-corrected chi connectivity index (χ3v) is 8.68. The van der Waals surface area contributed by atoms with Gasteiger partial charge in [0.1, 0.15) is 6.23 Å². The summed E-state index contributed by atoms with van der Waals surface area (Å²) >= 11 is 11.8. The van der Waals surface area contributed by atoms with Crippen LogP contribution < -0.4 is 10.2 Å². The lowest BCUT2D eigenvalue weighted by Gasteiger charge is -2.36. The fourth-order valence-corrected chi connectivity index (χ4v) is 6.12. The van der Waals surface area contributed by atoms with E-state index in [0.717, 1.165) is 82.9 Å². The first kappa shape index (κ1) is 29.6. The minimum Gasteiger partial charge on any atom is -0.382 e. The van der Waals surface area contributed by atoms with E-state index >= 15 is 0 Å². The summed E-state index contributed by atoms with van der Waals surface area (Å²) in [6.07, 6.45) is 3.92. The minimum absolute atomic E-state index is 0.000814. The van der Waals surface area contributed by atoms with Crippen molar-refractivity contribution in [2.24, 2.45) is 0 Å². The van der Waals surface area contributed by atoms with Gasteiger partial charge in [0.05, 0.1) is 5.02 Å². The van der Waals surface area contributed by atoms with Crippen LogP contribution in [-0.2, 0) is 0 Å². The van der Waals surface area contributed by atoms with Crippen LogP contribution in [0.25, 0.3) is 0 Å². The molecule has 1 unspecified atom stereocenters. The molecule has 1 atom stereocenters. The molecule has 2 aromatic carbocycles. The Hall–Kier alpha value is -1.36. The van der Waals surface area contributed by atoms with Gasteiger partial charge in [0.25, 0.3) is 0 Å². The number of aliphatic hydroxyl groups is 1. The van der Waals surface area contributed by atoms with Gasteiger partial charge in [0.2, 0.25) is 0 Å². The molecule has 2 aromatic rings. The predicted octanol–water partition coefficient (Wildman–Crippen LogP) is 6.79. The molecule has 2 fully saturated rings. The topological polar surface area (TPSA) is 42.0 Å². The maximum Gasteiger partial charge on any atom is 0.446 e. The Balaban J connectivity index is 1.15. The quantitative estimate of drug-likeness (QED) is 0.313. The van der Waals surface area contributed by atoms with Crippen LogP contribution in [0.5, 0.6) is 0 Å². The molecule has 0 saturated carbocycles. The summed E-state index contributed by atoms with van der Waals surface area (Å²) in [6, 6.07) is 12.8. The number of hydrogen-bond donors (Lipinski definition) is 2. The van der Waals surface area contributed by atoms with Crippen molar-refractivity contribution in [3.05, 3.63) is 52.5 Å². The molecule has 2 N–H and O–H groups in total. The van der Waals surface area contributed by atoms with Gasteiger partial charge in [-0.3, -0.25) is 4.90 Å². The number of nitrogens with one attached hydrogen (secondary N) is 1. The predicted molar refractivity (Wildman–Crippen MR) is 152 cm³/mol. The first-order chi connectivity index (χ1) is 18.2. The van der Waals surface area contributed by atoms with E-state index in [0.29, 0.717) is 5.69 Å². The molecule has 0 bridgehead atoms. The molecule has 2 aliphatic heterocycles. The molecule has 0 radical (unpaired) electrons. The third-order valence-electron chi connectivity index (χ3n) is 7.20. The monoisotopic (exact) mass is 590 g/mol. The first-order valence-corrected chi connectivity index (χ1v) is 14.7. The Labute approximate surface area is 237 Å². The van der Waals surface area contributed by atoms with E-state index < -0.39 is 11.7 Å². The Morgan fingerprint density at radius 3 is 2.42 bits per heavy atom. The average Bonchev–Trinajstić information content (AvgIpc) is 3.12. The number of halogens is 5. The van der Waals surface area contributed by atoms with Crippen LogP contribution in [0.1, 0.15) is 32.1 Å². The number of benzene rings is 2. The standard InChI is InChI=1S/C27H35Cl2F3N4OS/c28-20-4-7-23(8-5-20)35-14-2-13-34(17-18-35)12-1-3-26(37)36-15-10-21(11-16-36)33-22-6-9-24(29)25(19-22)38-27(30,31)32/h4-9,19,21,26,33,37H,1-3,10-18H2. The number of piperidine rings is 1. The van der Waals surface area contributed by atoms with E-state index in [1.165, 1.54) is 17.8 Å². The highest BCUT2D eigenvalue weighted by Gasteiger charge is 2.31. The molecule has 4 rings (SSSR count). The highest BCUT2D eigenvalue weighted by Crippen LogP contribution is 2.41. The fraction of sp³-hybridized carbons (Fsp3) is 0.556. The number of likely N-dealkylation sites (tertiary alicyclic amines) is 1. The van der Waals surface area contributed by atoms with Crippen molar-refractivity contribution in [2.75, 3.05) is 56.0 Å². The fourth-order valence-electron chi connectivity index (χ4n) is 5.16. The number of thioether (sulfide) groups is 1. The van der Waals surface area contributed by atoms with Gasteiger partial charge in [0, 0.05) is 60.1 Å². The summed E-state index contributed by atoms with van der Waals surface area (Å²) in [7, 11) is 0. The summed E-state index contributed by atoms with van der Waals surface area (Å²) in [4.78, 5) is 6.99. The van der Waals surface area contributed by atoms with Crippen molar-refractivity contribution >= 4 is 46.3 Å². The molecule has 2 heterocycles. The van der Waals surface area contributed by atoms with Crippen LogP contribution in [-0.4, -0.2) is 78.5 Å². The van der Waals surface area contributed by atoms with E-state index in [9.17, 15) is 18.3 Å². The Morgan fingerprint density at radius 2 is 1.71 bits per heavy atom. The molecule has 2 aliphatic rings. The maximum atomic E-state index is 12.8. The van der Waals surface area contributed by atoms with Crippen molar-refractivity contribution in [1.82, 2.24) is 9.80 Å². The van der Waals surface area contributed by atoms with Crippen molar-refractivity contribution < 1.29 is 18.3 Å². The second kappa shape index (κ2) is 13.8. The van der Waals surface area contributed by atoms with E-state index in [-0.39, 0.29) is 27.7 Å². The molecule has 0 amide bonds. The normalized spacial score (nSPS) is 19.4. The molecular formula is C27H35Cl2F3N4OS. The van der Waals surface area contributed by atoms with E-state index in [2.05, 4.69) is 32.1 Å². The maximum absolute atomic E-state index is 12.8. The molecule has 0 aromatic heterocycles. The van der Waals surface area contributed by atoms with Gasteiger partial charge in [-0.1, -0.05) is 23.2 Å². The molecule has 0 aliphatic carbocycles. The summed E-state index contributed by atoms with van der Waals surface area (Å²) in [5.41, 5.74) is -2.54. The van der Waals surface area contributed by atoms with Crippen molar-refractivity contribution in [3.63, 3.8) is 0 Å². The highest BCUT2D eigenvalue weighted by atomic mass is 35.5. The van der Waals surface area contributed by atoms with Crippen molar-refractivity contribution in [1.29, 1.82) is 0 Å². The van der Waals surface area contributed by atoms with Crippen molar-refractivity contribution in [3.8, 4) is 0 Å². The molecule has 5 nitrogen and oxygen atoms in total. The average molecular weight is 592 g/mol.